The molecule has 23 heavy (non-hydrogen) atoms. The molecule has 0 bridgehead atoms. The average molecular weight is 337 g/mol. The maximum Gasteiger partial charge on any atom is 0.220 e. The molecule has 6 nitrogen and oxygen atoms in total. The Morgan fingerprint density at radius 1 is 1.39 bits per heavy atom. The van der Waals surface area contributed by atoms with Gasteiger partial charge in [0.25, 0.3) is 0 Å². The van der Waals surface area contributed by atoms with E-state index >= 15 is 0 Å². The zero-order valence-corrected chi connectivity index (χ0v) is 14.1. The van der Waals surface area contributed by atoms with Crippen molar-refractivity contribution in [2.24, 2.45) is 0 Å². The van der Waals surface area contributed by atoms with Crippen LogP contribution < -0.4 is 5.32 Å². The Morgan fingerprint density at radius 3 is 2.83 bits per heavy atom. The molecule has 2 aromatic rings. The Balaban J connectivity index is 1.84. The monoisotopic (exact) mass is 336 g/mol. The van der Waals surface area contributed by atoms with Gasteiger partial charge in [0, 0.05) is 25.1 Å². The van der Waals surface area contributed by atoms with Gasteiger partial charge in [0.15, 0.2) is 5.82 Å². The van der Waals surface area contributed by atoms with E-state index in [4.69, 9.17) is 16.3 Å². The van der Waals surface area contributed by atoms with Crippen molar-refractivity contribution in [1.82, 2.24) is 20.1 Å². The number of nitrogens with zero attached hydrogens (tertiary/aromatic N) is 3. The number of halogens is 1. The molecular weight excluding hydrogens is 316 g/mol. The molecule has 7 heteroatoms. The Labute approximate surface area is 140 Å². The number of aromatic nitrogens is 3. The van der Waals surface area contributed by atoms with E-state index in [9.17, 15) is 4.79 Å². The minimum absolute atomic E-state index is 0.0197. The lowest BCUT2D eigenvalue weighted by Gasteiger charge is -2.14. The quantitative estimate of drug-likeness (QED) is 0.803. The van der Waals surface area contributed by atoms with Crippen LogP contribution in [0.3, 0.4) is 0 Å². The number of hydrogen-bond donors (Lipinski definition) is 1. The summed E-state index contributed by atoms with van der Waals surface area (Å²) in [6, 6.07) is 7.32. The maximum atomic E-state index is 12.1. The summed E-state index contributed by atoms with van der Waals surface area (Å²) >= 11 is 5.85. The smallest absolute Gasteiger partial charge is 0.220 e. The molecule has 1 atom stereocenters. The predicted molar refractivity (Wildman–Crippen MR) is 88.2 cm³/mol. The van der Waals surface area contributed by atoms with Crippen LogP contribution in [0.1, 0.15) is 30.8 Å². The fraction of sp³-hybridized carbons (Fsp3) is 0.438. The third-order valence-electron chi connectivity index (χ3n) is 3.50. The van der Waals surface area contributed by atoms with Crippen molar-refractivity contribution in [3.05, 3.63) is 47.0 Å². The van der Waals surface area contributed by atoms with Gasteiger partial charge < -0.3 is 14.6 Å². The first-order chi connectivity index (χ1) is 11.1. The highest BCUT2D eigenvalue weighted by molar-refractivity contribution is 6.30. The second-order valence-corrected chi connectivity index (χ2v) is 5.73. The van der Waals surface area contributed by atoms with Crippen molar-refractivity contribution >= 4 is 17.5 Å². The van der Waals surface area contributed by atoms with Gasteiger partial charge in [-0.1, -0.05) is 23.7 Å². The molecule has 0 radical (unpaired) electrons. The molecular formula is C16H21ClN4O2. The predicted octanol–water partition coefficient (Wildman–Crippen LogP) is 2.39. The number of amides is 1. The van der Waals surface area contributed by atoms with Crippen molar-refractivity contribution in [3.8, 4) is 0 Å². The van der Waals surface area contributed by atoms with Gasteiger partial charge in [-0.15, -0.1) is 10.2 Å². The topological polar surface area (TPSA) is 69.0 Å². The molecule has 1 N–H and O–H groups in total. The molecule has 1 aromatic heterocycles. The van der Waals surface area contributed by atoms with E-state index in [1.54, 1.807) is 13.4 Å². The van der Waals surface area contributed by atoms with Crippen LogP contribution in [0.15, 0.2) is 30.6 Å². The lowest BCUT2D eigenvalue weighted by molar-refractivity contribution is -0.121. The van der Waals surface area contributed by atoms with E-state index in [0.717, 1.165) is 11.4 Å². The number of methoxy groups -OCH3 is 1. The molecule has 0 fully saturated rings. The molecule has 0 spiro atoms. The Bertz CT molecular complexity index is 627. The fourth-order valence-electron chi connectivity index (χ4n) is 2.25. The number of carbonyl (C=O) groups is 1. The third kappa shape index (κ3) is 5.33. The second kappa shape index (κ2) is 8.64. The van der Waals surface area contributed by atoms with Crippen molar-refractivity contribution in [2.75, 3.05) is 13.7 Å². The van der Waals surface area contributed by atoms with Crippen LogP contribution in [-0.2, 0) is 22.5 Å². The summed E-state index contributed by atoms with van der Waals surface area (Å²) in [5.74, 6) is 0.704. The van der Waals surface area contributed by atoms with E-state index in [1.165, 1.54) is 0 Å². The zero-order valence-electron chi connectivity index (χ0n) is 13.3. The largest absolute Gasteiger partial charge is 0.383 e. The summed E-state index contributed by atoms with van der Waals surface area (Å²) < 4.78 is 6.94. The number of benzene rings is 1. The highest BCUT2D eigenvalue weighted by atomic mass is 35.5. The number of aryl methyl sites for hydroxylation is 1. The number of rotatable bonds is 8. The van der Waals surface area contributed by atoms with Crippen molar-refractivity contribution in [2.45, 2.75) is 32.4 Å². The number of hydrogen-bond acceptors (Lipinski definition) is 4. The Hall–Kier alpha value is -1.92. The van der Waals surface area contributed by atoms with Crippen LogP contribution in [0, 0.1) is 0 Å². The van der Waals surface area contributed by atoms with Gasteiger partial charge in [-0.3, -0.25) is 4.79 Å². The molecule has 1 amide bonds. The first-order valence-electron chi connectivity index (χ1n) is 7.50. The van der Waals surface area contributed by atoms with Gasteiger partial charge in [-0.05, 0) is 31.0 Å². The fourth-order valence-corrected chi connectivity index (χ4v) is 2.37. The van der Waals surface area contributed by atoms with E-state index < -0.39 is 0 Å². The normalized spacial score (nSPS) is 12.1. The summed E-state index contributed by atoms with van der Waals surface area (Å²) in [5.41, 5.74) is 1.08. The van der Waals surface area contributed by atoms with E-state index in [1.807, 2.05) is 35.8 Å². The van der Waals surface area contributed by atoms with Crippen LogP contribution >= 0.6 is 11.6 Å². The third-order valence-corrected chi connectivity index (χ3v) is 3.75. The maximum absolute atomic E-state index is 12.1. The second-order valence-electron chi connectivity index (χ2n) is 5.29. The Morgan fingerprint density at radius 2 is 2.13 bits per heavy atom. The molecule has 0 saturated heterocycles. The number of carbonyl (C=O) groups excluding carboxylic acids is 1. The SMILES string of the molecule is COCCn1cnnc1C(C)NC(=O)CCc1ccc(Cl)cc1. The minimum Gasteiger partial charge on any atom is -0.383 e. The van der Waals surface area contributed by atoms with E-state index in [2.05, 4.69) is 15.5 Å². The molecule has 0 aliphatic carbocycles. The molecule has 0 saturated carbocycles. The van der Waals surface area contributed by atoms with Gasteiger partial charge in [0.05, 0.1) is 12.6 Å². The first-order valence-corrected chi connectivity index (χ1v) is 7.88. The van der Waals surface area contributed by atoms with Crippen LogP contribution in [0.25, 0.3) is 0 Å². The first kappa shape index (κ1) is 17.4. The van der Waals surface area contributed by atoms with Gasteiger partial charge >= 0.3 is 0 Å². The van der Waals surface area contributed by atoms with E-state index in [0.29, 0.717) is 31.0 Å². The zero-order chi connectivity index (χ0) is 16.7. The van der Waals surface area contributed by atoms with Crippen molar-refractivity contribution < 1.29 is 9.53 Å². The van der Waals surface area contributed by atoms with Crippen LogP contribution in [0.5, 0.6) is 0 Å². The summed E-state index contributed by atoms with van der Waals surface area (Å²) in [6.07, 6.45) is 2.73. The number of ether oxygens (including phenoxy) is 1. The standard InChI is InChI=1S/C16H21ClN4O2/c1-12(16-20-18-11-21(16)9-10-23-2)19-15(22)8-5-13-3-6-14(17)7-4-13/h3-4,6-7,11-12H,5,8-10H2,1-2H3,(H,19,22). The molecule has 0 aliphatic heterocycles. The van der Waals surface area contributed by atoms with Gasteiger partial charge in [-0.25, -0.2) is 0 Å². The summed E-state index contributed by atoms with van der Waals surface area (Å²) in [7, 11) is 1.64. The minimum atomic E-state index is -0.202. The van der Waals surface area contributed by atoms with Crippen molar-refractivity contribution in [3.63, 3.8) is 0 Å². The highest BCUT2D eigenvalue weighted by Crippen LogP contribution is 2.12. The molecule has 1 unspecified atom stereocenters. The summed E-state index contributed by atoms with van der Waals surface area (Å²) in [6.45, 7) is 3.12. The molecule has 1 heterocycles. The summed E-state index contributed by atoms with van der Waals surface area (Å²) in [5, 5.41) is 11.6. The van der Waals surface area contributed by atoms with Crippen LogP contribution in [-0.4, -0.2) is 34.4 Å². The average Bonchev–Trinajstić information content (AvgIpc) is 3.01. The molecule has 0 aliphatic rings. The van der Waals surface area contributed by atoms with Crippen LogP contribution in [0.4, 0.5) is 0 Å². The molecule has 124 valence electrons. The highest BCUT2D eigenvalue weighted by Gasteiger charge is 2.15. The lowest BCUT2D eigenvalue weighted by Crippen LogP contribution is -2.29. The molecule has 1 aromatic carbocycles. The van der Waals surface area contributed by atoms with Gasteiger partial charge in [-0.2, -0.15) is 0 Å². The van der Waals surface area contributed by atoms with E-state index in [-0.39, 0.29) is 11.9 Å². The van der Waals surface area contributed by atoms with Crippen LogP contribution in [0.2, 0.25) is 5.02 Å². The van der Waals surface area contributed by atoms with Gasteiger partial charge in [0.1, 0.15) is 6.33 Å². The van der Waals surface area contributed by atoms with Crippen molar-refractivity contribution in [1.29, 1.82) is 0 Å². The number of nitrogens with one attached hydrogen (secondary N) is 1. The summed E-state index contributed by atoms with van der Waals surface area (Å²) in [4.78, 5) is 12.1. The lowest BCUT2D eigenvalue weighted by atomic mass is 10.1. The molecule has 2 rings (SSSR count). The Kier molecular flexibility index (Phi) is 6.55. The van der Waals surface area contributed by atoms with Gasteiger partial charge in [0.2, 0.25) is 5.91 Å².